The van der Waals surface area contributed by atoms with Gasteiger partial charge in [-0.3, -0.25) is 9.69 Å². The maximum absolute atomic E-state index is 12.5. The number of nitrogens with one attached hydrogen (secondary N) is 1. The van der Waals surface area contributed by atoms with Gasteiger partial charge in [-0.25, -0.2) is 0 Å². The molecule has 1 amide bonds. The highest BCUT2D eigenvalue weighted by Gasteiger charge is 2.39. The summed E-state index contributed by atoms with van der Waals surface area (Å²) in [5, 5.41) is 16.0. The number of hydrogen-bond acceptors (Lipinski definition) is 5. The van der Waals surface area contributed by atoms with Gasteiger partial charge < -0.3 is 9.88 Å². The van der Waals surface area contributed by atoms with Crippen LogP contribution in [-0.4, -0.2) is 44.7 Å². The molecule has 132 valence electrons. The second kappa shape index (κ2) is 6.21. The van der Waals surface area contributed by atoms with Crippen molar-refractivity contribution in [3.05, 3.63) is 34.0 Å². The minimum absolute atomic E-state index is 0.0463. The van der Waals surface area contributed by atoms with Gasteiger partial charge in [-0.15, -0.1) is 10.2 Å². The van der Waals surface area contributed by atoms with E-state index >= 15 is 0 Å². The Morgan fingerprint density at radius 2 is 2.12 bits per heavy atom. The van der Waals surface area contributed by atoms with Crippen LogP contribution in [0.25, 0.3) is 0 Å². The van der Waals surface area contributed by atoms with Gasteiger partial charge in [0.15, 0.2) is 0 Å². The van der Waals surface area contributed by atoms with Crippen molar-refractivity contribution in [1.29, 1.82) is 0 Å². The largest absolute Gasteiger partial charge is 0.347 e. The van der Waals surface area contributed by atoms with Crippen molar-refractivity contribution in [2.75, 3.05) is 13.1 Å². The van der Waals surface area contributed by atoms with Crippen molar-refractivity contribution in [3.63, 3.8) is 0 Å². The van der Waals surface area contributed by atoms with E-state index in [0.29, 0.717) is 23.7 Å². The summed E-state index contributed by atoms with van der Waals surface area (Å²) in [5.41, 5.74) is 1.41. The normalized spacial score (nSPS) is 26.1. The maximum atomic E-state index is 12.5. The summed E-state index contributed by atoms with van der Waals surface area (Å²) < 4.78 is 2.07. The zero-order valence-electron chi connectivity index (χ0n) is 14.2. The lowest BCUT2D eigenvalue weighted by Gasteiger charge is -2.28. The molecule has 0 aromatic carbocycles. The summed E-state index contributed by atoms with van der Waals surface area (Å²) in [6, 6.07) is 2.55. The molecule has 1 aliphatic carbocycles. The Bertz CT molecular complexity index is 767. The van der Waals surface area contributed by atoms with Crippen LogP contribution in [0.1, 0.15) is 41.3 Å². The molecule has 2 aliphatic heterocycles. The predicted molar refractivity (Wildman–Crippen MR) is 95.4 cm³/mol. The number of aromatic nitrogens is 3. The summed E-state index contributed by atoms with van der Waals surface area (Å²) in [6.45, 7) is 4.13. The molecule has 0 radical (unpaired) electrons. The van der Waals surface area contributed by atoms with Crippen LogP contribution in [-0.2, 0) is 19.5 Å². The van der Waals surface area contributed by atoms with E-state index in [1.165, 1.54) is 12.0 Å². The molecule has 1 saturated heterocycles. The second-order valence-corrected chi connectivity index (χ2v) is 8.48. The van der Waals surface area contributed by atoms with E-state index in [0.717, 1.165) is 51.3 Å². The average molecular weight is 357 g/mol. The molecule has 7 heteroatoms. The fourth-order valence-electron chi connectivity index (χ4n) is 4.36. The summed E-state index contributed by atoms with van der Waals surface area (Å²) in [4.78, 5) is 15.1. The SMILES string of the molecule is O=C(NC1CCC1)c1nnc2n1C[C@@H]1CN(Cc3ccsc3)C[C@@H]1C2. The number of hydrogen-bond donors (Lipinski definition) is 1. The first-order valence-corrected chi connectivity index (χ1v) is 10.2. The standard InChI is InChI=1S/C18H23N5OS/c24-18(19-15-2-1-3-15)17-21-20-16-6-13-8-22(7-12-4-5-25-11-12)9-14(13)10-23(16)17/h4-5,11,13-15H,1-3,6-10H2,(H,19,24)/t13-,14-/m0/s1. The van der Waals surface area contributed by atoms with Gasteiger partial charge in [0, 0.05) is 38.6 Å². The van der Waals surface area contributed by atoms with E-state index in [4.69, 9.17) is 0 Å². The van der Waals surface area contributed by atoms with Gasteiger partial charge in [-0.05, 0) is 53.5 Å². The third-order valence-corrected chi connectivity index (χ3v) is 6.70. The third-order valence-electron chi connectivity index (χ3n) is 5.97. The Balaban J connectivity index is 1.28. The van der Waals surface area contributed by atoms with Crippen LogP contribution in [0.4, 0.5) is 0 Å². The van der Waals surface area contributed by atoms with Crippen LogP contribution in [0.3, 0.4) is 0 Å². The van der Waals surface area contributed by atoms with Crippen molar-refractivity contribution in [2.24, 2.45) is 11.8 Å². The Morgan fingerprint density at radius 1 is 1.24 bits per heavy atom. The van der Waals surface area contributed by atoms with Gasteiger partial charge >= 0.3 is 0 Å². The van der Waals surface area contributed by atoms with Gasteiger partial charge in [0.25, 0.3) is 5.91 Å². The molecule has 0 bridgehead atoms. The lowest BCUT2D eigenvalue weighted by Crippen LogP contribution is -2.41. The van der Waals surface area contributed by atoms with E-state index in [1.807, 2.05) is 0 Å². The summed E-state index contributed by atoms with van der Waals surface area (Å²) in [7, 11) is 0. The van der Waals surface area contributed by atoms with Crippen LogP contribution in [0.2, 0.25) is 0 Å². The minimum Gasteiger partial charge on any atom is -0.347 e. The van der Waals surface area contributed by atoms with Crippen LogP contribution in [0.5, 0.6) is 0 Å². The Hall–Kier alpha value is -1.73. The van der Waals surface area contributed by atoms with E-state index in [2.05, 4.69) is 41.8 Å². The molecule has 3 aliphatic rings. The minimum atomic E-state index is -0.0463. The average Bonchev–Trinajstić information content (AvgIpc) is 3.27. The van der Waals surface area contributed by atoms with E-state index in [9.17, 15) is 4.79 Å². The van der Waals surface area contributed by atoms with Crippen LogP contribution < -0.4 is 5.32 Å². The van der Waals surface area contributed by atoms with Crippen LogP contribution in [0, 0.1) is 11.8 Å². The van der Waals surface area contributed by atoms with Crippen LogP contribution in [0.15, 0.2) is 16.8 Å². The molecule has 0 unspecified atom stereocenters. The summed E-state index contributed by atoms with van der Waals surface area (Å²) in [6.07, 6.45) is 4.34. The Labute approximate surface area is 151 Å². The Kier molecular flexibility index (Phi) is 3.86. The van der Waals surface area contributed by atoms with Crippen LogP contribution >= 0.6 is 11.3 Å². The zero-order valence-corrected chi connectivity index (χ0v) is 15.0. The van der Waals surface area contributed by atoms with Crippen molar-refractivity contribution in [1.82, 2.24) is 25.0 Å². The highest BCUT2D eigenvalue weighted by molar-refractivity contribution is 7.07. The lowest BCUT2D eigenvalue weighted by molar-refractivity contribution is 0.0898. The molecule has 25 heavy (non-hydrogen) atoms. The number of carbonyl (C=O) groups is 1. The highest BCUT2D eigenvalue weighted by Crippen LogP contribution is 2.33. The monoisotopic (exact) mass is 357 g/mol. The first kappa shape index (κ1) is 15.5. The molecule has 2 aromatic rings. The molecule has 2 fully saturated rings. The second-order valence-electron chi connectivity index (χ2n) is 7.70. The first-order chi connectivity index (χ1) is 12.3. The van der Waals surface area contributed by atoms with Gasteiger partial charge in [0.05, 0.1) is 0 Å². The van der Waals surface area contributed by atoms with Gasteiger partial charge in [0.1, 0.15) is 5.82 Å². The molecular weight excluding hydrogens is 334 g/mol. The van der Waals surface area contributed by atoms with Crippen molar-refractivity contribution >= 4 is 17.2 Å². The number of carbonyl (C=O) groups excluding carboxylic acids is 1. The predicted octanol–water partition coefficient (Wildman–Crippen LogP) is 1.93. The van der Waals surface area contributed by atoms with Gasteiger partial charge in [0.2, 0.25) is 5.82 Å². The van der Waals surface area contributed by atoms with Crippen molar-refractivity contribution in [2.45, 2.75) is 44.8 Å². The Morgan fingerprint density at radius 3 is 2.88 bits per heavy atom. The first-order valence-electron chi connectivity index (χ1n) is 9.22. The third kappa shape index (κ3) is 2.89. The molecule has 0 spiro atoms. The zero-order chi connectivity index (χ0) is 16.8. The number of amides is 1. The smallest absolute Gasteiger partial charge is 0.289 e. The molecule has 1 saturated carbocycles. The molecule has 2 atom stereocenters. The fourth-order valence-corrected chi connectivity index (χ4v) is 5.02. The number of likely N-dealkylation sites (tertiary alicyclic amines) is 1. The molecule has 1 N–H and O–H groups in total. The number of nitrogens with zero attached hydrogens (tertiary/aromatic N) is 4. The molecular formula is C18H23N5OS. The maximum Gasteiger partial charge on any atom is 0.289 e. The number of rotatable bonds is 4. The van der Waals surface area contributed by atoms with E-state index in [1.54, 1.807) is 11.3 Å². The quantitative estimate of drug-likeness (QED) is 0.908. The topological polar surface area (TPSA) is 63.1 Å². The number of fused-ring (bicyclic) bond motifs is 2. The summed E-state index contributed by atoms with van der Waals surface area (Å²) in [5.74, 6) is 2.68. The molecule has 2 aromatic heterocycles. The van der Waals surface area contributed by atoms with Crippen molar-refractivity contribution < 1.29 is 4.79 Å². The number of thiophene rings is 1. The van der Waals surface area contributed by atoms with E-state index < -0.39 is 0 Å². The molecule has 6 nitrogen and oxygen atoms in total. The lowest BCUT2D eigenvalue weighted by atomic mass is 9.89. The van der Waals surface area contributed by atoms with E-state index in [-0.39, 0.29) is 5.91 Å². The van der Waals surface area contributed by atoms with Gasteiger partial charge in [-0.2, -0.15) is 11.3 Å². The van der Waals surface area contributed by atoms with Gasteiger partial charge in [-0.1, -0.05) is 0 Å². The summed E-state index contributed by atoms with van der Waals surface area (Å²) >= 11 is 1.76. The fraction of sp³-hybridized carbons (Fsp3) is 0.611. The molecule has 4 heterocycles. The molecule has 5 rings (SSSR count). The highest BCUT2D eigenvalue weighted by atomic mass is 32.1. The van der Waals surface area contributed by atoms with Crippen molar-refractivity contribution in [3.8, 4) is 0 Å².